The third-order valence-electron chi connectivity index (χ3n) is 4.84. The fourth-order valence-corrected chi connectivity index (χ4v) is 4.88. The largest absolute Gasteiger partial charge is 0.367 e. The maximum atomic E-state index is 13.0. The molecule has 2 atom stereocenters. The summed E-state index contributed by atoms with van der Waals surface area (Å²) in [5.41, 5.74) is 5.47. The van der Waals surface area contributed by atoms with Gasteiger partial charge in [-0.05, 0) is 35.6 Å². The van der Waals surface area contributed by atoms with Gasteiger partial charge in [0.1, 0.15) is 0 Å². The van der Waals surface area contributed by atoms with Crippen LogP contribution >= 0.6 is 0 Å². The Hall–Kier alpha value is -2.40. The highest BCUT2D eigenvalue weighted by Crippen LogP contribution is 2.34. The van der Waals surface area contributed by atoms with Crippen LogP contribution in [0.25, 0.3) is 11.0 Å². The van der Waals surface area contributed by atoms with E-state index in [1.165, 1.54) is 11.3 Å². The molecule has 1 aliphatic heterocycles. The quantitative estimate of drug-likeness (QED) is 0.694. The number of hydrogen-bond acceptors (Lipinski definition) is 3. The second-order valence-electron chi connectivity index (χ2n) is 6.98. The van der Waals surface area contributed by atoms with Gasteiger partial charge in [-0.2, -0.15) is 0 Å². The summed E-state index contributed by atoms with van der Waals surface area (Å²) in [5, 5.41) is 0.545. The lowest BCUT2D eigenvalue weighted by atomic mass is 9.92. The molecule has 0 saturated carbocycles. The SMILES string of the molecule is C=CCN1CC(C)Cc2cccc(CS(=O)c3nc4ccccc4[nH]3)c21. The number of benzene rings is 2. The maximum Gasteiger partial charge on any atom is 0.197 e. The maximum absolute atomic E-state index is 13.0. The van der Waals surface area contributed by atoms with Crippen molar-refractivity contribution in [2.45, 2.75) is 24.3 Å². The number of nitrogens with zero attached hydrogens (tertiary/aromatic N) is 2. The summed E-state index contributed by atoms with van der Waals surface area (Å²) in [6.07, 6.45) is 3.00. The lowest BCUT2D eigenvalue weighted by molar-refractivity contribution is 0.541. The van der Waals surface area contributed by atoms with E-state index in [2.05, 4.69) is 46.6 Å². The zero-order chi connectivity index (χ0) is 18.1. The number of imidazole rings is 1. The second-order valence-corrected chi connectivity index (χ2v) is 8.34. The van der Waals surface area contributed by atoms with E-state index >= 15 is 0 Å². The first-order valence-corrected chi connectivity index (χ1v) is 10.3. The minimum atomic E-state index is -1.21. The lowest BCUT2D eigenvalue weighted by Gasteiger charge is -2.35. The summed E-state index contributed by atoms with van der Waals surface area (Å²) in [7, 11) is -1.21. The van der Waals surface area contributed by atoms with Crippen molar-refractivity contribution in [3.05, 3.63) is 66.2 Å². The van der Waals surface area contributed by atoms with Gasteiger partial charge in [0.15, 0.2) is 5.16 Å². The monoisotopic (exact) mass is 365 g/mol. The molecule has 2 aromatic carbocycles. The summed E-state index contributed by atoms with van der Waals surface area (Å²) < 4.78 is 13.0. The molecule has 0 bridgehead atoms. The third kappa shape index (κ3) is 3.19. The number of fused-ring (bicyclic) bond motifs is 2. The van der Waals surface area contributed by atoms with Crippen LogP contribution in [-0.2, 0) is 23.0 Å². The number of para-hydroxylation sites is 3. The Balaban J connectivity index is 1.67. The van der Waals surface area contributed by atoms with Crippen LogP contribution in [0, 0.1) is 5.92 Å². The third-order valence-corrected chi connectivity index (χ3v) is 6.04. The first-order chi connectivity index (χ1) is 12.7. The Bertz CT molecular complexity index is 945. The Labute approximate surface area is 156 Å². The smallest absolute Gasteiger partial charge is 0.197 e. The van der Waals surface area contributed by atoms with Gasteiger partial charge < -0.3 is 9.88 Å². The number of H-pyrrole nitrogens is 1. The number of aromatic amines is 1. The minimum Gasteiger partial charge on any atom is -0.367 e. The first kappa shape index (κ1) is 17.0. The van der Waals surface area contributed by atoms with Gasteiger partial charge in [-0.15, -0.1) is 6.58 Å². The molecule has 0 amide bonds. The van der Waals surface area contributed by atoms with Gasteiger partial charge in [-0.3, -0.25) is 4.21 Å². The van der Waals surface area contributed by atoms with Gasteiger partial charge in [-0.25, -0.2) is 4.98 Å². The lowest BCUT2D eigenvalue weighted by Crippen LogP contribution is -2.35. The summed E-state index contributed by atoms with van der Waals surface area (Å²) in [4.78, 5) is 10.1. The average Bonchev–Trinajstić information content (AvgIpc) is 3.06. The van der Waals surface area contributed by atoms with Crippen LogP contribution in [-0.4, -0.2) is 27.3 Å². The van der Waals surface area contributed by atoms with E-state index in [9.17, 15) is 4.21 Å². The summed E-state index contributed by atoms with van der Waals surface area (Å²) in [5.74, 6) is 1.07. The molecule has 1 N–H and O–H groups in total. The zero-order valence-corrected chi connectivity index (χ0v) is 15.8. The molecule has 5 heteroatoms. The molecule has 0 radical (unpaired) electrons. The van der Waals surface area contributed by atoms with Crippen LogP contribution in [0.2, 0.25) is 0 Å². The Kier molecular flexibility index (Phi) is 4.64. The van der Waals surface area contributed by atoms with Crippen molar-refractivity contribution in [3.8, 4) is 0 Å². The van der Waals surface area contributed by atoms with Crippen molar-refractivity contribution < 1.29 is 4.21 Å². The van der Waals surface area contributed by atoms with Crippen LogP contribution in [0.15, 0.2) is 60.3 Å². The minimum absolute atomic E-state index is 0.463. The van der Waals surface area contributed by atoms with Gasteiger partial charge in [0.2, 0.25) is 0 Å². The standard InChI is InChI=1S/C21H23N3OS/c1-3-11-24-13-15(2)12-16-7-6-8-17(20(16)24)14-26(25)21-22-18-9-4-5-10-19(18)23-21/h3-10,15H,1,11-14H2,2H3,(H,22,23). The van der Waals surface area contributed by atoms with E-state index in [1.807, 2.05) is 30.3 Å². The van der Waals surface area contributed by atoms with Crippen molar-refractivity contribution in [2.24, 2.45) is 5.92 Å². The molecule has 2 unspecified atom stereocenters. The fraction of sp³-hybridized carbons (Fsp3) is 0.286. The topological polar surface area (TPSA) is 49.0 Å². The molecule has 1 aliphatic rings. The summed E-state index contributed by atoms with van der Waals surface area (Å²) in [6, 6.07) is 14.1. The van der Waals surface area contributed by atoms with Crippen molar-refractivity contribution in [1.82, 2.24) is 9.97 Å². The predicted octanol–water partition coefficient (Wildman–Crippen LogP) is 4.06. The van der Waals surface area contributed by atoms with E-state index in [0.717, 1.165) is 36.1 Å². The molecule has 0 saturated heterocycles. The van der Waals surface area contributed by atoms with Crippen LogP contribution in [0.4, 0.5) is 5.69 Å². The molecule has 4 nitrogen and oxygen atoms in total. The van der Waals surface area contributed by atoms with E-state index in [4.69, 9.17) is 0 Å². The van der Waals surface area contributed by atoms with Crippen LogP contribution in [0.3, 0.4) is 0 Å². The highest BCUT2D eigenvalue weighted by atomic mass is 32.2. The Morgan fingerprint density at radius 1 is 1.31 bits per heavy atom. The highest BCUT2D eigenvalue weighted by molar-refractivity contribution is 7.84. The van der Waals surface area contributed by atoms with E-state index in [1.54, 1.807) is 0 Å². The molecule has 2 heterocycles. The summed E-state index contributed by atoms with van der Waals surface area (Å²) in [6.45, 7) is 7.99. The summed E-state index contributed by atoms with van der Waals surface area (Å²) >= 11 is 0. The van der Waals surface area contributed by atoms with Crippen molar-refractivity contribution in [2.75, 3.05) is 18.0 Å². The van der Waals surface area contributed by atoms with Gasteiger partial charge in [0.25, 0.3) is 0 Å². The number of hydrogen-bond donors (Lipinski definition) is 1. The van der Waals surface area contributed by atoms with Gasteiger partial charge in [-0.1, -0.05) is 43.3 Å². The fourth-order valence-electron chi connectivity index (χ4n) is 3.81. The van der Waals surface area contributed by atoms with E-state index in [-0.39, 0.29) is 0 Å². The van der Waals surface area contributed by atoms with Gasteiger partial charge in [0, 0.05) is 18.8 Å². The molecule has 0 spiro atoms. The molecule has 1 aromatic heterocycles. The number of nitrogens with one attached hydrogen (secondary N) is 1. The van der Waals surface area contributed by atoms with Gasteiger partial charge in [0.05, 0.1) is 27.6 Å². The van der Waals surface area contributed by atoms with Crippen LogP contribution < -0.4 is 4.90 Å². The van der Waals surface area contributed by atoms with Crippen molar-refractivity contribution in [1.29, 1.82) is 0 Å². The highest BCUT2D eigenvalue weighted by Gasteiger charge is 2.24. The molecule has 4 rings (SSSR count). The zero-order valence-electron chi connectivity index (χ0n) is 14.9. The number of anilines is 1. The molecule has 134 valence electrons. The Morgan fingerprint density at radius 3 is 2.96 bits per heavy atom. The molecule has 3 aromatic rings. The Morgan fingerprint density at radius 2 is 2.15 bits per heavy atom. The number of aromatic nitrogens is 2. The van der Waals surface area contributed by atoms with Crippen LogP contribution in [0.5, 0.6) is 0 Å². The van der Waals surface area contributed by atoms with Crippen molar-refractivity contribution in [3.63, 3.8) is 0 Å². The second kappa shape index (κ2) is 7.08. The normalized spacial score (nSPS) is 17.9. The van der Waals surface area contributed by atoms with Gasteiger partial charge >= 0.3 is 0 Å². The van der Waals surface area contributed by atoms with Crippen LogP contribution in [0.1, 0.15) is 18.1 Å². The van der Waals surface area contributed by atoms with E-state index < -0.39 is 10.8 Å². The van der Waals surface area contributed by atoms with E-state index in [0.29, 0.717) is 16.8 Å². The molecule has 26 heavy (non-hydrogen) atoms. The number of rotatable bonds is 5. The average molecular weight is 366 g/mol. The predicted molar refractivity (Wildman–Crippen MR) is 108 cm³/mol. The molecular weight excluding hydrogens is 342 g/mol. The molecular formula is C21H23N3OS. The molecule has 0 aliphatic carbocycles. The first-order valence-electron chi connectivity index (χ1n) is 8.95. The molecule has 0 fully saturated rings. The van der Waals surface area contributed by atoms with Crippen molar-refractivity contribution >= 4 is 27.5 Å².